The molecule has 0 aliphatic carbocycles. The number of hydrogen-bond donors (Lipinski definition) is 0. The van der Waals surface area contributed by atoms with Crippen LogP contribution in [0, 0.1) is 6.92 Å². The smallest absolute Gasteiger partial charge is 0.261 e. The molecule has 1 heterocycles. The number of benzene rings is 2. The number of amides is 1. The minimum atomic E-state index is -0.270. The molecule has 0 aliphatic rings. The van der Waals surface area contributed by atoms with Crippen LogP contribution in [-0.4, -0.2) is 27.8 Å². The summed E-state index contributed by atoms with van der Waals surface area (Å²) in [5.74, 6) is -0.480. The predicted octanol–water partition coefficient (Wildman–Crippen LogP) is 2.33. The number of aromatic nitrogens is 2. The molecule has 1 aromatic heterocycles. The van der Waals surface area contributed by atoms with E-state index in [0.29, 0.717) is 16.6 Å². The zero-order valence-corrected chi connectivity index (χ0v) is 14.7. The van der Waals surface area contributed by atoms with Crippen LogP contribution in [0.15, 0.2) is 59.7 Å². The second-order valence-electron chi connectivity index (χ2n) is 6.17. The molecule has 3 rings (SSSR count). The molecular weight excluding hydrogens is 330 g/mol. The van der Waals surface area contributed by atoms with Gasteiger partial charge in [-0.2, -0.15) is 0 Å². The number of carbonyl (C=O) groups is 2. The quantitative estimate of drug-likeness (QED) is 0.709. The van der Waals surface area contributed by atoms with Crippen molar-refractivity contribution in [2.45, 2.75) is 20.4 Å². The molecule has 0 saturated heterocycles. The van der Waals surface area contributed by atoms with Crippen molar-refractivity contribution in [2.75, 3.05) is 11.4 Å². The van der Waals surface area contributed by atoms with Crippen LogP contribution in [0.3, 0.4) is 0 Å². The summed E-state index contributed by atoms with van der Waals surface area (Å²) in [7, 11) is 0. The molecule has 0 saturated carbocycles. The molecule has 0 unspecified atom stereocenters. The number of Topliss-reactive ketones (excluding diaryl/α,β-unsaturated/α-hetero) is 1. The van der Waals surface area contributed by atoms with Crippen molar-refractivity contribution in [1.82, 2.24) is 9.55 Å². The van der Waals surface area contributed by atoms with E-state index in [4.69, 9.17) is 0 Å². The maximum absolute atomic E-state index is 12.5. The molecule has 6 heteroatoms. The first kappa shape index (κ1) is 17.5. The Kier molecular flexibility index (Phi) is 4.93. The molecule has 0 atom stereocenters. The van der Waals surface area contributed by atoms with Crippen LogP contribution in [0.2, 0.25) is 0 Å². The van der Waals surface area contributed by atoms with Crippen LogP contribution in [0.4, 0.5) is 5.69 Å². The second kappa shape index (κ2) is 7.31. The van der Waals surface area contributed by atoms with Gasteiger partial charge in [-0.25, -0.2) is 4.98 Å². The fraction of sp³-hybridized carbons (Fsp3) is 0.200. The fourth-order valence-corrected chi connectivity index (χ4v) is 2.74. The number of carbonyl (C=O) groups excluding carboxylic acids is 2. The Hall–Kier alpha value is -3.28. The van der Waals surface area contributed by atoms with Crippen LogP contribution in [0.25, 0.3) is 10.9 Å². The lowest BCUT2D eigenvalue weighted by molar-refractivity contribution is -0.122. The van der Waals surface area contributed by atoms with Gasteiger partial charge in [0.25, 0.3) is 5.56 Å². The lowest BCUT2D eigenvalue weighted by atomic mass is 10.2. The molecule has 0 radical (unpaired) electrons. The van der Waals surface area contributed by atoms with E-state index < -0.39 is 0 Å². The molecule has 26 heavy (non-hydrogen) atoms. The first-order chi connectivity index (χ1) is 12.5. The first-order valence-electron chi connectivity index (χ1n) is 8.26. The van der Waals surface area contributed by atoms with E-state index >= 15 is 0 Å². The Bertz CT molecular complexity index is 1020. The van der Waals surface area contributed by atoms with Crippen molar-refractivity contribution in [2.24, 2.45) is 0 Å². The van der Waals surface area contributed by atoms with Gasteiger partial charge < -0.3 is 4.90 Å². The summed E-state index contributed by atoms with van der Waals surface area (Å²) in [4.78, 5) is 42.5. The van der Waals surface area contributed by atoms with Gasteiger partial charge in [-0.1, -0.05) is 29.8 Å². The lowest BCUT2D eigenvalue weighted by Gasteiger charge is -2.20. The van der Waals surface area contributed by atoms with Crippen LogP contribution in [0.5, 0.6) is 0 Å². The van der Waals surface area contributed by atoms with Crippen molar-refractivity contribution >= 4 is 28.3 Å². The molecule has 2 aromatic carbocycles. The maximum Gasteiger partial charge on any atom is 0.261 e. The summed E-state index contributed by atoms with van der Waals surface area (Å²) in [6.07, 6.45) is 1.37. The van der Waals surface area contributed by atoms with E-state index in [1.54, 1.807) is 36.4 Å². The maximum atomic E-state index is 12.5. The minimum absolute atomic E-state index is 0.0995. The van der Waals surface area contributed by atoms with Crippen molar-refractivity contribution in [1.29, 1.82) is 0 Å². The summed E-state index contributed by atoms with van der Waals surface area (Å²) in [6.45, 7) is 3.13. The molecule has 0 aliphatic heterocycles. The van der Waals surface area contributed by atoms with Crippen molar-refractivity contribution in [3.63, 3.8) is 0 Å². The van der Waals surface area contributed by atoms with Gasteiger partial charge in [-0.3, -0.25) is 19.0 Å². The molecule has 3 aromatic rings. The summed E-state index contributed by atoms with van der Waals surface area (Å²) in [6, 6.07) is 14.4. The SMILES string of the molecule is CC(=O)N(CC(=O)Cn1cnc2ccccc2c1=O)c1ccc(C)cc1. The van der Waals surface area contributed by atoms with E-state index in [1.165, 1.54) is 22.7 Å². The van der Waals surface area contributed by atoms with E-state index in [1.807, 2.05) is 19.1 Å². The summed E-state index contributed by atoms with van der Waals surface area (Å²) >= 11 is 0. The third-order valence-corrected chi connectivity index (χ3v) is 4.14. The molecule has 6 nitrogen and oxygen atoms in total. The summed E-state index contributed by atoms with van der Waals surface area (Å²) in [5.41, 5.74) is 2.04. The lowest BCUT2D eigenvalue weighted by Crippen LogP contribution is -2.36. The first-order valence-corrected chi connectivity index (χ1v) is 8.26. The molecular formula is C20H19N3O3. The van der Waals surface area contributed by atoms with Gasteiger partial charge in [0.05, 0.1) is 30.3 Å². The Morgan fingerprint density at radius 3 is 2.46 bits per heavy atom. The van der Waals surface area contributed by atoms with Crippen molar-refractivity contribution in [3.8, 4) is 0 Å². The molecule has 0 N–H and O–H groups in total. The monoisotopic (exact) mass is 349 g/mol. The third-order valence-electron chi connectivity index (χ3n) is 4.14. The van der Waals surface area contributed by atoms with Crippen molar-refractivity contribution in [3.05, 3.63) is 70.8 Å². The average Bonchev–Trinajstić information content (AvgIpc) is 2.63. The van der Waals surface area contributed by atoms with E-state index in [-0.39, 0.29) is 30.3 Å². The number of rotatable bonds is 5. The summed E-state index contributed by atoms with van der Waals surface area (Å²) < 4.78 is 1.28. The molecule has 132 valence electrons. The number of aryl methyl sites for hydroxylation is 1. The Labute approximate surface area is 150 Å². The zero-order valence-electron chi connectivity index (χ0n) is 14.7. The highest BCUT2D eigenvalue weighted by Gasteiger charge is 2.17. The number of fused-ring (bicyclic) bond motifs is 1. The van der Waals surface area contributed by atoms with Gasteiger partial charge in [0, 0.05) is 12.6 Å². The number of hydrogen-bond acceptors (Lipinski definition) is 4. The van der Waals surface area contributed by atoms with Gasteiger partial charge in [-0.05, 0) is 31.2 Å². The molecule has 0 bridgehead atoms. The molecule has 1 amide bonds. The highest BCUT2D eigenvalue weighted by Crippen LogP contribution is 2.15. The fourth-order valence-electron chi connectivity index (χ4n) is 2.74. The number of anilines is 1. The van der Waals surface area contributed by atoms with Gasteiger partial charge in [-0.15, -0.1) is 0 Å². The Morgan fingerprint density at radius 1 is 1.08 bits per heavy atom. The highest BCUT2D eigenvalue weighted by molar-refractivity contribution is 5.98. The molecule has 0 spiro atoms. The van der Waals surface area contributed by atoms with Gasteiger partial charge >= 0.3 is 0 Å². The van der Waals surface area contributed by atoms with Gasteiger partial charge in [0.2, 0.25) is 5.91 Å². The third kappa shape index (κ3) is 3.69. The van der Waals surface area contributed by atoms with Crippen LogP contribution >= 0.6 is 0 Å². The topological polar surface area (TPSA) is 72.3 Å². The predicted molar refractivity (Wildman–Crippen MR) is 100 cm³/mol. The van der Waals surface area contributed by atoms with Crippen LogP contribution < -0.4 is 10.5 Å². The van der Waals surface area contributed by atoms with Gasteiger partial charge in [0.15, 0.2) is 5.78 Å². The standard InChI is InChI=1S/C20H19N3O3/c1-14-7-9-16(10-8-14)23(15(2)24)12-17(25)11-22-13-21-19-6-4-3-5-18(19)20(22)26/h3-10,13H,11-12H2,1-2H3. The number of nitrogens with zero attached hydrogens (tertiary/aromatic N) is 3. The van der Waals surface area contributed by atoms with Crippen molar-refractivity contribution < 1.29 is 9.59 Å². The van der Waals surface area contributed by atoms with Crippen LogP contribution in [-0.2, 0) is 16.1 Å². The Balaban J connectivity index is 1.81. The molecule has 0 fully saturated rings. The van der Waals surface area contributed by atoms with Gasteiger partial charge in [0.1, 0.15) is 0 Å². The Morgan fingerprint density at radius 2 is 1.77 bits per heavy atom. The average molecular weight is 349 g/mol. The zero-order chi connectivity index (χ0) is 18.7. The summed E-state index contributed by atoms with van der Waals surface area (Å²) in [5, 5.41) is 0.463. The number of ketones is 1. The minimum Gasteiger partial charge on any atom is -0.305 e. The highest BCUT2D eigenvalue weighted by atomic mass is 16.2. The normalized spacial score (nSPS) is 10.7. The van der Waals surface area contributed by atoms with E-state index in [0.717, 1.165) is 5.56 Å². The number of para-hydroxylation sites is 1. The van der Waals surface area contributed by atoms with E-state index in [2.05, 4.69) is 4.98 Å². The second-order valence-corrected chi connectivity index (χ2v) is 6.17. The van der Waals surface area contributed by atoms with E-state index in [9.17, 15) is 14.4 Å². The largest absolute Gasteiger partial charge is 0.305 e. The van der Waals surface area contributed by atoms with Crippen LogP contribution in [0.1, 0.15) is 12.5 Å².